The van der Waals surface area contributed by atoms with Gasteiger partial charge in [0.05, 0.1) is 18.4 Å². The van der Waals surface area contributed by atoms with Crippen molar-refractivity contribution in [3.05, 3.63) is 92.6 Å². The summed E-state index contributed by atoms with van der Waals surface area (Å²) in [5.41, 5.74) is 2.11. The second kappa shape index (κ2) is 9.37. The molecule has 0 aliphatic heterocycles. The number of fused-ring (bicyclic) bond motifs is 1. The van der Waals surface area contributed by atoms with Crippen LogP contribution >= 0.6 is 58.0 Å². The minimum absolute atomic E-state index is 0.168. The molecular formula is C19H13Cl5N4O. The van der Waals surface area contributed by atoms with Gasteiger partial charge in [-0.25, -0.2) is 4.98 Å². The smallest absolute Gasteiger partial charge is 0.261 e. The van der Waals surface area contributed by atoms with Crippen molar-refractivity contribution in [3.8, 4) is 0 Å². The number of hydrogen-bond donors (Lipinski definition) is 2. The number of alkyl halides is 3. The Morgan fingerprint density at radius 1 is 0.862 bits per heavy atom. The SMILES string of the molecule is Clc1ccc(C(c2ccc(Cl)cc2)C(Cl)(Cl)Cl)cc1.O=c1[nH]cnc2[nH]ncc12. The van der Waals surface area contributed by atoms with E-state index in [1.54, 1.807) is 24.3 Å². The second-order valence-corrected chi connectivity index (χ2v) is 9.18. The van der Waals surface area contributed by atoms with Crippen molar-refractivity contribution >= 4 is 69.0 Å². The van der Waals surface area contributed by atoms with E-state index in [-0.39, 0.29) is 11.5 Å². The van der Waals surface area contributed by atoms with Gasteiger partial charge in [-0.05, 0) is 35.4 Å². The molecule has 0 unspecified atom stereocenters. The number of H-pyrrole nitrogens is 2. The van der Waals surface area contributed by atoms with Gasteiger partial charge < -0.3 is 4.98 Å². The van der Waals surface area contributed by atoms with Crippen LogP contribution in [0.25, 0.3) is 11.0 Å². The Bertz CT molecular complexity index is 1090. The molecule has 0 aliphatic rings. The van der Waals surface area contributed by atoms with E-state index in [1.165, 1.54) is 12.5 Å². The molecule has 0 aliphatic carbocycles. The molecule has 2 N–H and O–H groups in total. The predicted octanol–water partition coefficient (Wildman–Crippen LogP) is 6.14. The Morgan fingerprint density at radius 2 is 1.38 bits per heavy atom. The Kier molecular flexibility index (Phi) is 7.09. The maximum absolute atomic E-state index is 10.9. The van der Waals surface area contributed by atoms with Crippen molar-refractivity contribution < 1.29 is 0 Å². The lowest BCUT2D eigenvalue weighted by atomic mass is 9.92. The van der Waals surface area contributed by atoms with E-state index in [9.17, 15) is 4.79 Å². The quantitative estimate of drug-likeness (QED) is 0.331. The lowest BCUT2D eigenvalue weighted by Gasteiger charge is -2.25. The van der Waals surface area contributed by atoms with E-state index in [4.69, 9.17) is 58.0 Å². The second-order valence-electron chi connectivity index (χ2n) is 5.94. The predicted molar refractivity (Wildman–Crippen MR) is 120 cm³/mol. The van der Waals surface area contributed by atoms with Crippen LogP contribution in [-0.2, 0) is 0 Å². The molecule has 0 spiro atoms. The molecule has 0 saturated heterocycles. The zero-order chi connectivity index (χ0) is 21.0. The molecule has 0 bridgehead atoms. The minimum atomic E-state index is -1.46. The van der Waals surface area contributed by atoms with Crippen LogP contribution in [0.4, 0.5) is 0 Å². The van der Waals surface area contributed by atoms with Crippen molar-refractivity contribution in [2.75, 3.05) is 0 Å². The maximum Gasteiger partial charge on any atom is 0.261 e. The third kappa shape index (κ3) is 5.65. The maximum atomic E-state index is 10.9. The molecule has 0 fully saturated rings. The molecule has 29 heavy (non-hydrogen) atoms. The molecule has 5 nitrogen and oxygen atoms in total. The normalized spacial score (nSPS) is 11.4. The topological polar surface area (TPSA) is 74.4 Å². The van der Waals surface area contributed by atoms with Gasteiger partial charge in [-0.3, -0.25) is 9.89 Å². The van der Waals surface area contributed by atoms with Crippen molar-refractivity contribution in [1.29, 1.82) is 0 Å². The van der Waals surface area contributed by atoms with Gasteiger partial charge in [0.1, 0.15) is 5.39 Å². The minimum Gasteiger partial charge on any atom is -0.312 e. The third-order valence-electron chi connectivity index (χ3n) is 3.99. The summed E-state index contributed by atoms with van der Waals surface area (Å²) < 4.78 is -1.46. The molecule has 0 amide bonds. The summed E-state index contributed by atoms with van der Waals surface area (Å²) in [6.45, 7) is 0. The molecule has 2 aromatic carbocycles. The van der Waals surface area contributed by atoms with Gasteiger partial charge in [0.2, 0.25) is 3.79 Å². The largest absolute Gasteiger partial charge is 0.312 e. The van der Waals surface area contributed by atoms with Crippen LogP contribution in [0.15, 0.2) is 65.8 Å². The van der Waals surface area contributed by atoms with Gasteiger partial charge in [-0.1, -0.05) is 82.3 Å². The molecule has 4 aromatic rings. The van der Waals surface area contributed by atoms with E-state index in [0.29, 0.717) is 21.1 Å². The van der Waals surface area contributed by atoms with Gasteiger partial charge in [0.15, 0.2) is 5.65 Å². The lowest BCUT2D eigenvalue weighted by Crippen LogP contribution is -2.18. The lowest BCUT2D eigenvalue weighted by molar-refractivity contribution is 0.839. The summed E-state index contributed by atoms with van der Waals surface area (Å²) in [6.07, 6.45) is 2.78. The summed E-state index contributed by atoms with van der Waals surface area (Å²) in [6, 6.07) is 14.5. The van der Waals surface area contributed by atoms with Crippen LogP contribution in [-0.4, -0.2) is 24.0 Å². The van der Waals surface area contributed by atoms with Crippen LogP contribution in [0.5, 0.6) is 0 Å². The Hall–Kier alpha value is -1.76. The highest BCUT2D eigenvalue weighted by Crippen LogP contribution is 2.45. The van der Waals surface area contributed by atoms with Gasteiger partial charge in [0.25, 0.3) is 5.56 Å². The molecule has 150 valence electrons. The molecule has 4 rings (SSSR count). The standard InChI is InChI=1S/C14H9Cl5.C5H4N4O/c15-11-5-1-9(2-6-11)13(14(17,18)19)10-3-7-12(16)8-4-10;10-5-3-1-8-9-4(3)6-2-7-5/h1-8,13H;1-2H,(H2,6,7,8,9,10). The molecule has 0 saturated carbocycles. The number of aromatic nitrogens is 4. The summed E-state index contributed by atoms with van der Waals surface area (Å²) >= 11 is 30.1. The van der Waals surface area contributed by atoms with Crippen LogP contribution in [0.2, 0.25) is 10.0 Å². The van der Waals surface area contributed by atoms with Crippen LogP contribution in [0.1, 0.15) is 17.0 Å². The molecule has 2 heterocycles. The van der Waals surface area contributed by atoms with Gasteiger partial charge in [-0.15, -0.1) is 0 Å². The number of hydrogen-bond acceptors (Lipinski definition) is 3. The van der Waals surface area contributed by atoms with Crippen molar-refractivity contribution in [1.82, 2.24) is 20.2 Å². The average molecular weight is 491 g/mol. The first-order chi connectivity index (χ1) is 13.8. The zero-order valence-electron chi connectivity index (χ0n) is 14.5. The summed E-state index contributed by atoms with van der Waals surface area (Å²) in [4.78, 5) is 17.1. The Morgan fingerprint density at radius 3 is 1.83 bits per heavy atom. The highest BCUT2D eigenvalue weighted by molar-refractivity contribution is 6.68. The number of nitrogens with one attached hydrogen (secondary N) is 2. The fourth-order valence-corrected chi connectivity index (χ4v) is 3.67. The number of aromatic amines is 2. The van der Waals surface area contributed by atoms with Crippen molar-refractivity contribution in [3.63, 3.8) is 0 Å². The monoisotopic (exact) mass is 488 g/mol. The first-order valence-corrected chi connectivity index (χ1v) is 10.1. The first kappa shape index (κ1) is 21.9. The van der Waals surface area contributed by atoms with Crippen LogP contribution in [0, 0.1) is 0 Å². The fraction of sp³-hybridized carbons (Fsp3) is 0.105. The van der Waals surface area contributed by atoms with Gasteiger partial charge in [-0.2, -0.15) is 5.10 Å². The van der Waals surface area contributed by atoms with E-state index >= 15 is 0 Å². The number of nitrogens with zero attached hydrogens (tertiary/aromatic N) is 2. The number of halogens is 5. The Labute approximate surface area is 190 Å². The molecule has 10 heteroatoms. The number of rotatable bonds is 2. The van der Waals surface area contributed by atoms with E-state index in [1.807, 2.05) is 24.3 Å². The highest BCUT2D eigenvalue weighted by atomic mass is 35.6. The molecule has 2 aromatic heterocycles. The van der Waals surface area contributed by atoms with E-state index in [2.05, 4.69) is 20.2 Å². The van der Waals surface area contributed by atoms with Crippen molar-refractivity contribution in [2.24, 2.45) is 0 Å². The fourth-order valence-electron chi connectivity index (χ4n) is 2.66. The van der Waals surface area contributed by atoms with Crippen molar-refractivity contribution in [2.45, 2.75) is 9.71 Å². The van der Waals surface area contributed by atoms with Crippen LogP contribution < -0.4 is 5.56 Å². The molecule has 0 atom stereocenters. The van der Waals surface area contributed by atoms with Gasteiger partial charge >= 0.3 is 0 Å². The average Bonchev–Trinajstić information content (AvgIpc) is 3.15. The third-order valence-corrected chi connectivity index (χ3v) is 5.15. The molecule has 0 radical (unpaired) electrons. The molecular weight excluding hydrogens is 478 g/mol. The van der Waals surface area contributed by atoms with E-state index < -0.39 is 3.79 Å². The summed E-state index contributed by atoms with van der Waals surface area (Å²) in [7, 11) is 0. The summed E-state index contributed by atoms with van der Waals surface area (Å²) in [5, 5.41) is 8.01. The Balaban J connectivity index is 0.000000200. The summed E-state index contributed by atoms with van der Waals surface area (Å²) in [5.74, 6) is -0.382. The zero-order valence-corrected chi connectivity index (χ0v) is 18.3. The first-order valence-electron chi connectivity index (χ1n) is 8.20. The van der Waals surface area contributed by atoms with Gasteiger partial charge in [0, 0.05) is 10.0 Å². The van der Waals surface area contributed by atoms with E-state index in [0.717, 1.165) is 11.1 Å². The number of benzene rings is 2. The van der Waals surface area contributed by atoms with Crippen LogP contribution in [0.3, 0.4) is 0 Å². The highest BCUT2D eigenvalue weighted by Gasteiger charge is 2.35.